The summed E-state index contributed by atoms with van der Waals surface area (Å²) >= 11 is 7.28. The molecule has 0 radical (unpaired) electrons. The van der Waals surface area contributed by atoms with Gasteiger partial charge in [0.25, 0.3) is 5.91 Å². The van der Waals surface area contributed by atoms with Gasteiger partial charge in [0.15, 0.2) is 0 Å². The summed E-state index contributed by atoms with van der Waals surface area (Å²) in [5, 5.41) is 19.8. The molecule has 20 heavy (non-hydrogen) atoms. The van der Waals surface area contributed by atoms with Gasteiger partial charge in [0.1, 0.15) is 6.04 Å². The maximum atomic E-state index is 12.0. The highest BCUT2D eigenvalue weighted by atomic mass is 35.5. The summed E-state index contributed by atoms with van der Waals surface area (Å²) in [6.07, 6.45) is 1.11. The van der Waals surface area contributed by atoms with E-state index in [0.717, 1.165) is 4.90 Å². The van der Waals surface area contributed by atoms with Crippen molar-refractivity contribution >= 4 is 41.2 Å². The Labute approximate surface area is 124 Å². The van der Waals surface area contributed by atoms with Crippen LogP contribution in [0, 0.1) is 0 Å². The molecule has 1 atom stereocenters. The summed E-state index contributed by atoms with van der Waals surface area (Å²) in [6.45, 7) is 0. The summed E-state index contributed by atoms with van der Waals surface area (Å²) in [6, 6.07) is 3.25. The lowest BCUT2D eigenvalue weighted by atomic mass is 10.1. The van der Waals surface area contributed by atoms with Gasteiger partial charge in [-0.1, -0.05) is 11.6 Å². The lowest BCUT2D eigenvalue weighted by molar-refractivity contribution is -0.145. The predicted molar refractivity (Wildman–Crippen MR) is 74.4 cm³/mol. The van der Waals surface area contributed by atoms with Gasteiger partial charge in [-0.2, -0.15) is 0 Å². The molecular formula is C12H12ClNO5S. The number of halogens is 1. The molecule has 0 fully saturated rings. The minimum atomic E-state index is -1.51. The SMILES string of the molecule is CSc1ccc(Cl)c(C(=O)N[C@@H](CC(=O)O)C(=O)O)c1. The van der Waals surface area contributed by atoms with Crippen LogP contribution in [0.4, 0.5) is 0 Å². The van der Waals surface area contributed by atoms with Crippen molar-refractivity contribution in [3.8, 4) is 0 Å². The lowest BCUT2D eigenvalue weighted by Gasteiger charge is -2.13. The number of hydrogen-bond donors (Lipinski definition) is 3. The molecule has 0 unspecified atom stereocenters. The molecule has 108 valence electrons. The third-order valence-corrected chi connectivity index (χ3v) is 3.46. The van der Waals surface area contributed by atoms with E-state index in [1.54, 1.807) is 6.07 Å². The van der Waals surface area contributed by atoms with Crippen LogP contribution in [0.5, 0.6) is 0 Å². The summed E-state index contributed by atoms with van der Waals surface area (Å²) in [5.74, 6) is -3.46. The van der Waals surface area contributed by atoms with Gasteiger partial charge < -0.3 is 15.5 Å². The topological polar surface area (TPSA) is 104 Å². The van der Waals surface area contributed by atoms with E-state index in [4.69, 9.17) is 21.8 Å². The molecule has 6 nitrogen and oxygen atoms in total. The zero-order valence-corrected chi connectivity index (χ0v) is 12.0. The summed E-state index contributed by atoms with van der Waals surface area (Å²) < 4.78 is 0. The van der Waals surface area contributed by atoms with Crippen molar-refractivity contribution in [2.24, 2.45) is 0 Å². The minimum Gasteiger partial charge on any atom is -0.481 e. The number of nitrogens with one attached hydrogen (secondary N) is 1. The molecule has 0 aliphatic carbocycles. The second kappa shape index (κ2) is 7.16. The Balaban J connectivity index is 2.94. The molecule has 3 N–H and O–H groups in total. The highest BCUT2D eigenvalue weighted by molar-refractivity contribution is 7.98. The number of amides is 1. The molecule has 1 aromatic carbocycles. The number of hydrogen-bond acceptors (Lipinski definition) is 4. The Bertz CT molecular complexity index is 549. The zero-order chi connectivity index (χ0) is 15.3. The van der Waals surface area contributed by atoms with Crippen molar-refractivity contribution in [3.63, 3.8) is 0 Å². The Morgan fingerprint density at radius 2 is 2.00 bits per heavy atom. The van der Waals surface area contributed by atoms with Crippen molar-refractivity contribution in [3.05, 3.63) is 28.8 Å². The van der Waals surface area contributed by atoms with Crippen molar-refractivity contribution in [2.45, 2.75) is 17.4 Å². The van der Waals surface area contributed by atoms with Crippen LogP contribution in [-0.2, 0) is 9.59 Å². The third-order valence-electron chi connectivity index (χ3n) is 2.40. The average molecular weight is 318 g/mol. The van der Waals surface area contributed by atoms with Crippen LogP contribution in [0.1, 0.15) is 16.8 Å². The van der Waals surface area contributed by atoms with Gasteiger partial charge in [-0.05, 0) is 24.5 Å². The Hall–Kier alpha value is -1.73. The lowest BCUT2D eigenvalue weighted by Crippen LogP contribution is -2.42. The first-order valence-corrected chi connectivity index (χ1v) is 7.04. The highest BCUT2D eigenvalue weighted by Crippen LogP contribution is 2.23. The molecule has 1 rings (SSSR count). The molecule has 0 heterocycles. The summed E-state index contributed by atoms with van der Waals surface area (Å²) in [4.78, 5) is 34.2. The number of carboxylic acids is 2. The molecule has 0 aliphatic heterocycles. The number of thioether (sulfide) groups is 1. The maximum absolute atomic E-state index is 12.0. The number of carbonyl (C=O) groups is 3. The van der Waals surface area contributed by atoms with Gasteiger partial charge in [0, 0.05) is 4.90 Å². The monoisotopic (exact) mass is 317 g/mol. The van der Waals surface area contributed by atoms with Crippen molar-refractivity contribution < 1.29 is 24.6 Å². The van der Waals surface area contributed by atoms with Crippen molar-refractivity contribution in [1.29, 1.82) is 0 Å². The maximum Gasteiger partial charge on any atom is 0.326 e. The zero-order valence-electron chi connectivity index (χ0n) is 10.4. The molecule has 1 amide bonds. The van der Waals surface area contributed by atoms with E-state index in [-0.39, 0.29) is 10.6 Å². The number of benzene rings is 1. The average Bonchev–Trinajstić information content (AvgIpc) is 2.37. The van der Waals surface area contributed by atoms with Gasteiger partial charge in [0.05, 0.1) is 17.0 Å². The smallest absolute Gasteiger partial charge is 0.326 e. The van der Waals surface area contributed by atoms with E-state index < -0.39 is 30.3 Å². The van der Waals surface area contributed by atoms with Crippen LogP contribution >= 0.6 is 23.4 Å². The van der Waals surface area contributed by atoms with Crippen LogP contribution in [0.2, 0.25) is 5.02 Å². The Morgan fingerprint density at radius 1 is 1.35 bits per heavy atom. The van der Waals surface area contributed by atoms with Gasteiger partial charge in [0.2, 0.25) is 0 Å². The van der Waals surface area contributed by atoms with E-state index in [9.17, 15) is 14.4 Å². The molecule has 0 aromatic heterocycles. The van der Waals surface area contributed by atoms with Crippen LogP contribution in [0.25, 0.3) is 0 Å². The van der Waals surface area contributed by atoms with Crippen LogP contribution < -0.4 is 5.32 Å². The van der Waals surface area contributed by atoms with Crippen molar-refractivity contribution in [1.82, 2.24) is 5.32 Å². The van der Waals surface area contributed by atoms with Crippen LogP contribution in [0.15, 0.2) is 23.1 Å². The minimum absolute atomic E-state index is 0.107. The Morgan fingerprint density at radius 3 is 2.50 bits per heavy atom. The molecule has 0 spiro atoms. The van der Waals surface area contributed by atoms with E-state index >= 15 is 0 Å². The Kier molecular flexibility index (Phi) is 5.84. The third kappa shape index (κ3) is 4.43. The first-order chi connectivity index (χ1) is 9.35. The van der Waals surface area contributed by atoms with Crippen molar-refractivity contribution in [2.75, 3.05) is 6.26 Å². The number of carbonyl (C=O) groups excluding carboxylic acids is 1. The number of rotatable bonds is 6. The fraction of sp³-hybridized carbons (Fsp3) is 0.250. The quantitative estimate of drug-likeness (QED) is 0.690. The second-order valence-electron chi connectivity index (χ2n) is 3.81. The van der Waals surface area contributed by atoms with Gasteiger partial charge in [-0.3, -0.25) is 9.59 Å². The summed E-state index contributed by atoms with van der Waals surface area (Å²) in [5.41, 5.74) is 0.107. The van der Waals surface area contributed by atoms with Crippen LogP contribution in [-0.4, -0.2) is 40.4 Å². The molecular weight excluding hydrogens is 306 g/mol. The molecule has 0 saturated heterocycles. The summed E-state index contributed by atoms with van der Waals surface area (Å²) in [7, 11) is 0. The van der Waals surface area contributed by atoms with Gasteiger partial charge in [-0.25, -0.2) is 4.79 Å². The highest BCUT2D eigenvalue weighted by Gasteiger charge is 2.24. The second-order valence-corrected chi connectivity index (χ2v) is 5.09. The molecule has 8 heteroatoms. The first kappa shape index (κ1) is 16.3. The first-order valence-electron chi connectivity index (χ1n) is 5.44. The fourth-order valence-corrected chi connectivity index (χ4v) is 2.06. The predicted octanol–water partition coefficient (Wildman–Crippen LogP) is 1.72. The largest absolute Gasteiger partial charge is 0.481 e. The molecule has 0 saturated carbocycles. The van der Waals surface area contributed by atoms with E-state index in [0.29, 0.717) is 0 Å². The molecule has 0 bridgehead atoms. The molecule has 0 aliphatic rings. The van der Waals surface area contributed by atoms with Gasteiger partial charge >= 0.3 is 11.9 Å². The number of carboxylic acid groups (broad SMARTS) is 2. The normalized spacial score (nSPS) is 11.7. The molecule has 1 aromatic rings. The number of aliphatic carboxylic acids is 2. The van der Waals surface area contributed by atoms with E-state index in [1.807, 2.05) is 6.26 Å². The van der Waals surface area contributed by atoms with Gasteiger partial charge in [-0.15, -0.1) is 11.8 Å². The fourth-order valence-electron chi connectivity index (χ4n) is 1.42. The van der Waals surface area contributed by atoms with Crippen LogP contribution in [0.3, 0.4) is 0 Å². The van der Waals surface area contributed by atoms with E-state index in [2.05, 4.69) is 5.32 Å². The standard InChI is InChI=1S/C12H12ClNO5S/c1-20-6-2-3-8(13)7(4-6)11(17)14-9(12(18)19)5-10(15)16/h2-4,9H,5H2,1H3,(H,14,17)(H,15,16)(H,18,19)/t9-/m0/s1. The van der Waals surface area contributed by atoms with E-state index in [1.165, 1.54) is 23.9 Å².